The number of carboxylic acid groups (broad SMARTS) is 1. The van der Waals surface area contributed by atoms with Crippen LogP contribution in [0.25, 0.3) is 22.3 Å². The lowest BCUT2D eigenvalue weighted by atomic mass is 9.92. The monoisotopic (exact) mass is 368 g/mol. The van der Waals surface area contributed by atoms with Crippen molar-refractivity contribution in [2.24, 2.45) is 0 Å². The summed E-state index contributed by atoms with van der Waals surface area (Å²) in [6.45, 7) is 0. The SMILES string of the molecule is O=C(O)C1(c2ccc(-c3ccc(-c4ccc(F)cc4)cc3F)c(F)c2)CC1. The molecule has 0 bridgehead atoms. The Morgan fingerprint density at radius 2 is 1.33 bits per heavy atom. The van der Waals surface area contributed by atoms with Gasteiger partial charge in [0.25, 0.3) is 0 Å². The molecule has 0 spiro atoms. The van der Waals surface area contributed by atoms with Crippen LogP contribution in [0.4, 0.5) is 13.2 Å². The third-order valence-corrected chi connectivity index (χ3v) is 5.12. The molecule has 0 unspecified atom stereocenters. The predicted molar refractivity (Wildman–Crippen MR) is 95.7 cm³/mol. The van der Waals surface area contributed by atoms with Crippen LogP contribution in [-0.2, 0) is 10.2 Å². The van der Waals surface area contributed by atoms with Crippen molar-refractivity contribution in [1.82, 2.24) is 0 Å². The van der Waals surface area contributed by atoms with Gasteiger partial charge in [-0.25, -0.2) is 13.2 Å². The molecule has 0 saturated heterocycles. The molecular formula is C22H15F3O2. The molecule has 3 aromatic carbocycles. The lowest BCUT2D eigenvalue weighted by Gasteiger charge is -2.13. The fourth-order valence-corrected chi connectivity index (χ4v) is 3.34. The van der Waals surface area contributed by atoms with Crippen molar-refractivity contribution in [2.75, 3.05) is 0 Å². The first kappa shape index (κ1) is 17.3. The molecule has 0 radical (unpaired) electrons. The van der Waals surface area contributed by atoms with Crippen LogP contribution in [0, 0.1) is 17.5 Å². The molecule has 4 rings (SSSR count). The molecule has 1 N–H and O–H groups in total. The quantitative estimate of drug-likeness (QED) is 0.655. The largest absolute Gasteiger partial charge is 0.481 e. The topological polar surface area (TPSA) is 37.3 Å². The number of rotatable bonds is 4. The molecule has 1 fully saturated rings. The van der Waals surface area contributed by atoms with Crippen LogP contribution < -0.4 is 0 Å². The maximum Gasteiger partial charge on any atom is 0.314 e. The highest BCUT2D eigenvalue weighted by Crippen LogP contribution is 2.49. The third kappa shape index (κ3) is 2.99. The van der Waals surface area contributed by atoms with E-state index in [1.807, 2.05) is 0 Å². The molecule has 1 aliphatic carbocycles. The molecule has 5 heteroatoms. The first-order valence-electron chi connectivity index (χ1n) is 8.50. The zero-order valence-corrected chi connectivity index (χ0v) is 14.2. The Morgan fingerprint density at radius 1 is 0.778 bits per heavy atom. The summed E-state index contributed by atoms with van der Waals surface area (Å²) in [7, 11) is 0. The summed E-state index contributed by atoms with van der Waals surface area (Å²) in [5, 5.41) is 9.33. The number of hydrogen-bond acceptors (Lipinski definition) is 1. The van der Waals surface area contributed by atoms with Gasteiger partial charge in [-0.2, -0.15) is 0 Å². The van der Waals surface area contributed by atoms with Gasteiger partial charge in [0.2, 0.25) is 0 Å². The van der Waals surface area contributed by atoms with Gasteiger partial charge < -0.3 is 5.11 Å². The molecule has 1 saturated carbocycles. The number of carbonyl (C=O) groups is 1. The van der Waals surface area contributed by atoms with E-state index in [-0.39, 0.29) is 16.9 Å². The number of carboxylic acids is 1. The molecule has 0 aliphatic heterocycles. The predicted octanol–water partition coefficient (Wildman–Crippen LogP) is 5.55. The van der Waals surface area contributed by atoms with E-state index in [1.165, 1.54) is 36.4 Å². The summed E-state index contributed by atoms with van der Waals surface area (Å²) < 4.78 is 42.3. The second-order valence-electron chi connectivity index (χ2n) is 6.78. The van der Waals surface area contributed by atoms with Crippen LogP contribution in [-0.4, -0.2) is 11.1 Å². The van der Waals surface area contributed by atoms with Crippen LogP contribution >= 0.6 is 0 Å². The van der Waals surface area contributed by atoms with Crippen LogP contribution in [0.15, 0.2) is 60.7 Å². The molecule has 0 aromatic heterocycles. The van der Waals surface area contributed by atoms with E-state index in [9.17, 15) is 23.1 Å². The normalized spacial score (nSPS) is 14.8. The van der Waals surface area contributed by atoms with Crippen LogP contribution in [0.5, 0.6) is 0 Å². The molecule has 3 aromatic rings. The second kappa shape index (κ2) is 6.27. The first-order valence-corrected chi connectivity index (χ1v) is 8.50. The van der Waals surface area contributed by atoms with E-state index in [0.29, 0.717) is 29.5 Å². The van der Waals surface area contributed by atoms with Crippen LogP contribution in [0.1, 0.15) is 18.4 Å². The Kier molecular flexibility index (Phi) is 4.02. The first-order chi connectivity index (χ1) is 12.9. The minimum Gasteiger partial charge on any atom is -0.481 e. The van der Waals surface area contributed by atoms with Gasteiger partial charge in [-0.1, -0.05) is 36.4 Å². The second-order valence-corrected chi connectivity index (χ2v) is 6.78. The van der Waals surface area contributed by atoms with Crippen molar-refractivity contribution in [1.29, 1.82) is 0 Å². The van der Waals surface area contributed by atoms with E-state index in [0.717, 1.165) is 0 Å². The van der Waals surface area contributed by atoms with E-state index >= 15 is 0 Å². The Labute approximate surface area is 153 Å². The average Bonchev–Trinajstić information content (AvgIpc) is 3.45. The van der Waals surface area contributed by atoms with Gasteiger partial charge in [0.05, 0.1) is 5.41 Å². The van der Waals surface area contributed by atoms with E-state index in [4.69, 9.17) is 0 Å². The highest BCUT2D eigenvalue weighted by atomic mass is 19.1. The lowest BCUT2D eigenvalue weighted by molar-refractivity contribution is -0.140. The maximum absolute atomic E-state index is 14.6. The van der Waals surface area contributed by atoms with E-state index < -0.39 is 23.0 Å². The van der Waals surface area contributed by atoms with Gasteiger partial charge in [0.15, 0.2) is 0 Å². The van der Waals surface area contributed by atoms with Gasteiger partial charge >= 0.3 is 5.97 Å². The summed E-state index contributed by atoms with van der Waals surface area (Å²) in [6.07, 6.45) is 0.948. The van der Waals surface area contributed by atoms with E-state index in [2.05, 4.69) is 0 Å². The van der Waals surface area contributed by atoms with Crippen molar-refractivity contribution in [3.8, 4) is 22.3 Å². The number of benzene rings is 3. The van der Waals surface area contributed by atoms with Crippen molar-refractivity contribution in [3.05, 3.63) is 83.7 Å². The smallest absolute Gasteiger partial charge is 0.314 e. The van der Waals surface area contributed by atoms with Crippen molar-refractivity contribution < 1.29 is 23.1 Å². The molecule has 0 amide bonds. The average molecular weight is 368 g/mol. The highest BCUT2D eigenvalue weighted by molar-refractivity contribution is 5.85. The summed E-state index contributed by atoms with van der Waals surface area (Å²) in [4.78, 5) is 11.4. The summed E-state index contributed by atoms with van der Waals surface area (Å²) in [5.74, 6) is -2.62. The number of hydrogen-bond donors (Lipinski definition) is 1. The van der Waals surface area contributed by atoms with Gasteiger partial charge in [0, 0.05) is 11.1 Å². The summed E-state index contributed by atoms with van der Waals surface area (Å²) in [5.41, 5.74) is 0.753. The van der Waals surface area contributed by atoms with Gasteiger partial charge in [-0.15, -0.1) is 0 Å². The Bertz CT molecular complexity index is 1040. The van der Waals surface area contributed by atoms with Crippen LogP contribution in [0.3, 0.4) is 0 Å². The fraction of sp³-hybridized carbons (Fsp3) is 0.136. The number of halogens is 3. The van der Waals surface area contributed by atoms with Crippen molar-refractivity contribution >= 4 is 5.97 Å². The Balaban J connectivity index is 1.69. The van der Waals surface area contributed by atoms with Crippen molar-refractivity contribution in [2.45, 2.75) is 18.3 Å². The Hall–Kier alpha value is -3.08. The third-order valence-electron chi connectivity index (χ3n) is 5.12. The number of aliphatic carboxylic acids is 1. The summed E-state index contributed by atoms with van der Waals surface area (Å²) >= 11 is 0. The molecule has 136 valence electrons. The molecular weight excluding hydrogens is 353 g/mol. The molecule has 1 aliphatic rings. The standard InChI is InChI=1S/C22H15F3O2/c23-16-5-1-13(2-6-16)14-3-7-17(19(24)11-14)18-8-4-15(12-20(18)25)22(9-10-22)21(26)27/h1-8,11-12H,9-10H2,(H,26,27). The van der Waals surface area contributed by atoms with Gasteiger partial charge in [-0.05, 0) is 53.8 Å². The van der Waals surface area contributed by atoms with E-state index in [1.54, 1.807) is 24.3 Å². The van der Waals surface area contributed by atoms with Gasteiger partial charge in [-0.3, -0.25) is 4.79 Å². The fourth-order valence-electron chi connectivity index (χ4n) is 3.34. The van der Waals surface area contributed by atoms with Crippen molar-refractivity contribution in [3.63, 3.8) is 0 Å². The molecule has 0 atom stereocenters. The lowest BCUT2D eigenvalue weighted by Crippen LogP contribution is -2.19. The zero-order chi connectivity index (χ0) is 19.2. The van der Waals surface area contributed by atoms with Gasteiger partial charge in [0.1, 0.15) is 17.5 Å². The molecule has 27 heavy (non-hydrogen) atoms. The molecule has 2 nitrogen and oxygen atoms in total. The van der Waals surface area contributed by atoms with Crippen LogP contribution in [0.2, 0.25) is 0 Å². The summed E-state index contributed by atoms with van der Waals surface area (Å²) in [6, 6.07) is 14.2. The maximum atomic E-state index is 14.6. The Morgan fingerprint density at radius 3 is 1.85 bits per heavy atom. The zero-order valence-electron chi connectivity index (χ0n) is 14.2. The highest BCUT2D eigenvalue weighted by Gasteiger charge is 2.51. The minimum absolute atomic E-state index is 0.0723. The molecule has 0 heterocycles. The minimum atomic E-state index is -1.01.